The molecule has 0 bridgehead atoms. The molecule has 0 spiro atoms. The van der Waals surface area contributed by atoms with Crippen molar-refractivity contribution in [2.24, 2.45) is 0 Å². The van der Waals surface area contributed by atoms with Crippen molar-refractivity contribution >= 4 is 23.2 Å². The van der Waals surface area contributed by atoms with Gasteiger partial charge in [-0.3, -0.25) is 0 Å². The molecule has 2 aromatic rings. The molecule has 0 amide bonds. The van der Waals surface area contributed by atoms with Gasteiger partial charge >= 0.3 is 0 Å². The van der Waals surface area contributed by atoms with E-state index in [1.165, 1.54) is 37.4 Å². The van der Waals surface area contributed by atoms with E-state index in [1.54, 1.807) is 0 Å². The summed E-state index contributed by atoms with van der Waals surface area (Å²) in [6.45, 7) is 0. The van der Waals surface area contributed by atoms with Gasteiger partial charge in [0, 0.05) is 16.1 Å². The molecule has 0 aliphatic rings. The lowest BCUT2D eigenvalue weighted by Gasteiger charge is -2.15. The molecule has 0 aromatic heterocycles. The first-order valence-corrected chi connectivity index (χ1v) is 6.27. The van der Waals surface area contributed by atoms with E-state index in [9.17, 15) is 8.78 Å². The van der Waals surface area contributed by atoms with Crippen LogP contribution in [0.3, 0.4) is 0 Å². The van der Waals surface area contributed by atoms with Gasteiger partial charge in [0.15, 0.2) is 0 Å². The van der Waals surface area contributed by atoms with Gasteiger partial charge in [0.1, 0.15) is 17.4 Å². The van der Waals surface area contributed by atoms with Gasteiger partial charge in [-0.15, -0.1) is 11.6 Å². The molecular formula is C14H10Cl2F2O. The predicted octanol–water partition coefficient (Wildman–Crippen LogP) is 4.96. The summed E-state index contributed by atoms with van der Waals surface area (Å²) >= 11 is 11.9. The summed E-state index contributed by atoms with van der Waals surface area (Å²) in [5, 5.41) is -0.584. The van der Waals surface area contributed by atoms with Crippen molar-refractivity contribution in [3.8, 4) is 5.75 Å². The van der Waals surface area contributed by atoms with Crippen LogP contribution in [0.1, 0.15) is 16.5 Å². The third kappa shape index (κ3) is 2.99. The molecule has 0 aliphatic heterocycles. The van der Waals surface area contributed by atoms with Crippen LogP contribution in [0.5, 0.6) is 5.75 Å². The maximum Gasteiger partial charge on any atom is 0.129 e. The number of hydrogen-bond donors (Lipinski definition) is 0. The van der Waals surface area contributed by atoms with E-state index in [0.29, 0.717) is 11.3 Å². The summed E-state index contributed by atoms with van der Waals surface area (Å²) in [6, 6.07) is 8.10. The van der Waals surface area contributed by atoms with Gasteiger partial charge in [0.2, 0.25) is 0 Å². The Morgan fingerprint density at radius 2 is 1.79 bits per heavy atom. The van der Waals surface area contributed by atoms with Gasteiger partial charge in [-0.2, -0.15) is 0 Å². The fourth-order valence-corrected chi connectivity index (χ4v) is 2.28. The van der Waals surface area contributed by atoms with Gasteiger partial charge in [-0.05, 0) is 30.3 Å². The average Bonchev–Trinajstić information content (AvgIpc) is 2.38. The number of benzene rings is 2. The predicted molar refractivity (Wildman–Crippen MR) is 72.1 cm³/mol. The van der Waals surface area contributed by atoms with Crippen LogP contribution in [0.15, 0.2) is 36.4 Å². The Morgan fingerprint density at radius 1 is 1.05 bits per heavy atom. The number of alkyl halides is 1. The van der Waals surface area contributed by atoms with Gasteiger partial charge in [-0.1, -0.05) is 17.7 Å². The summed E-state index contributed by atoms with van der Waals surface area (Å²) in [5.74, 6) is -0.606. The highest BCUT2D eigenvalue weighted by atomic mass is 35.5. The number of hydrogen-bond acceptors (Lipinski definition) is 1. The molecular weight excluding hydrogens is 293 g/mol. The van der Waals surface area contributed by atoms with Crippen LogP contribution in [0, 0.1) is 11.6 Å². The first-order valence-electron chi connectivity index (χ1n) is 5.45. The molecule has 1 nitrogen and oxygen atoms in total. The minimum absolute atomic E-state index is 0.218. The van der Waals surface area contributed by atoms with Crippen LogP contribution < -0.4 is 4.74 Å². The fraction of sp³-hybridized carbons (Fsp3) is 0.143. The van der Waals surface area contributed by atoms with E-state index in [2.05, 4.69) is 0 Å². The highest BCUT2D eigenvalue weighted by molar-refractivity contribution is 6.30. The summed E-state index contributed by atoms with van der Waals surface area (Å²) in [4.78, 5) is 0. The van der Waals surface area contributed by atoms with E-state index in [-0.39, 0.29) is 10.6 Å². The zero-order valence-corrected chi connectivity index (χ0v) is 11.5. The maximum atomic E-state index is 13.8. The Hall–Kier alpha value is -1.32. The number of halogens is 4. The first-order chi connectivity index (χ1) is 9.02. The summed E-state index contributed by atoms with van der Waals surface area (Å²) < 4.78 is 32.2. The van der Waals surface area contributed by atoms with Gasteiger partial charge in [0.25, 0.3) is 0 Å². The zero-order valence-electron chi connectivity index (χ0n) is 9.96. The minimum atomic E-state index is -0.858. The second-order valence-electron chi connectivity index (χ2n) is 3.91. The first kappa shape index (κ1) is 14.1. The van der Waals surface area contributed by atoms with Crippen LogP contribution in [0.2, 0.25) is 5.02 Å². The Bertz CT molecular complexity index is 602. The fourth-order valence-electron chi connectivity index (χ4n) is 1.78. The number of ether oxygens (including phenoxy) is 1. The number of rotatable bonds is 3. The molecule has 0 fully saturated rings. The van der Waals surface area contributed by atoms with Gasteiger partial charge in [0.05, 0.1) is 12.5 Å². The van der Waals surface area contributed by atoms with Crippen LogP contribution in [0.25, 0.3) is 0 Å². The van der Waals surface area contributed by atoms with Crippen molar-refractivity contribution in [2.75, 3.05) is 7.11 Å². The largest absolute Gasteiger partial charge is 0.496 e. The van der Waals surface area contributed by atoms with E-state index in [1.807, 2.05) is 0 Å². The molecule has 0 aliphatic carbocycles. The third-order valence-corrected chi connectivity index (χ3v) is 3.41. The Morgan fingerprint density at radius 3 is 2.42 bits per heavy atom. The van der Waals surface area contributed by atoms with Crippen molar-refractivity contribution in [3.63, 3.8) is 0 Å². The van der Waals surface area contributed by atoms with Gasteiger partial charge < -0.3 is 4.74 Å². The van der Waals surface area contributed by atoms with Crippen molar-refractivity contribution in [1.29, 1.82) is 0 Å². The van der Waals surface area contributed by atoms with E-state index in [0.717, 1.165) is 6.07 Å². The van der Waals surface area contributed by atoms with Gasteiger partial charge in [-0.25, -0.2) is 8.78 Å². The smallest absolute Gasteiger partial charge is 0.129 e. The van der Waals surface area contributed by atoms with Crippen LogP contribution in [0.4, 0.5) is 8.78 Å². The monoisotopic (exact) mass is 302 g/mol. The Balaban J connectivity index is 2.49. The molecule has 2 rings (SSSR count). The second-order valence-corrected chi connectivity index (χ2v) is 4.79. The molecule has 0 N–H and O–H groups in total. The van der Waals surface area contributed by atoms with Crippen molar-refractivity contribution < 1.29 is 13.5 Å². The third-order valence-electron chi connectivity index (χ3n) is 2.70. The second kappa shape index (κ2) is 5.76. The molecule has 19 heavy (non-hydrogen) atoms. The number of methoxy groups -OCH3 is 1. The molecule has 0 heterocycles. The van der Waals surface area contributed by atoms with Crippen molar-refractivity contribution in [3.05, 3.63) is 64.2 Å². The Labute approximate surface area is 119 Å². The highest BCUT2D eigenvalue weighted by Gasteiger charge is 2.20. The molecule has 100 valence electrons. The topological polar surface area (TPSA) is 9.23 Å². The molecule has 0 saturated carbocycles. The van der Waals surface area contributed by atoms with Crippen molar-refractivity contribution in [1.82, 2.24) is 0 Å². The normalized spacial score (nSPS) is 12.3. The summed E-state index contributed by atoms with van der Waals surface area (Å²) in [5.41, 5.74) is 0.584. The lowest BCUT2D eigenvalue weighted by Crippen LogP contribution is -2.00. The SMILES string of the molecule is COc1ccc(F)cc1C(Cl)c1ccc(Cl)cc1F. The van der Waals surface area contributed by atoms with Crippen LogP contribution in [-0.2, 0) is 0 Å². The summed E-state index contributed by atoms with van der Waals surface area (Å²) in [7, 11) is 1.44. The molecule has 5 heteroatoms. The van der Waals surface area contributed by atoms with E-state index >= 15 is 0 Å². The van der Waals surface area contributed by atoms with Crippen LogP contribution in [-0.4, -0.2) is 7.11 Å². The van der Waals surface area contributed by atoms with Crippen molar-refractivity contribution in [2.45, 2.75) is 5.38 Å². The minimum Gasteiger partial charge on any atom is -0.496 e. The lowest BCUT2D eigenvalue weighted by atomic mass is 10.0. The molecule has 2 aromatic carbocycles. The average molecular weight is 303 g/mol. The standard InChI is InChI=1S/C14H10Cl2F2O/c1-19-13-5-3-9(17)7-11(13)14(16)10-4-2-8(15)6-12(10)18/h2-7,14H,1H3. The van der Waals surface area contributed by atoms with E-state index < -0.39 is 17.0 Å². The molecule has 1 unspecified atom stereocenters. The molecule has 0 saturated heterocycles. The van der Waals surface area contributed by atoms with E-state index in [4.69, 9.17) is 27.9 Å². The quantitative estimate of drug-likeness (QED) is 0.729. The molecule has 1 atom stereocenters. The Kier molecular flexibility index (Phi) is 4.27. The lowest BCUT2D eigenvalue weighted by molar-refractivity contribution is 0.408. The zero-order chi connectivity index (χ0) is 14.0. The summed E-state index contributed by atoms with van der Waals surface area (Å²) in [6.07, 6.45) is 0. The highest BCUT2D eigenvalue weighted by Crippen LogP contribution is 2.37. The van der Waals surface area contributed by atoms with Crippen LogP contribution >= 0.6 is 23.2 Å². The maximum absolute atomic E-state index is 13.8. The molecule has 0 radical (unpaired) electrons.